The maximum absolute atomic E-state index is 13.4. The Kier molecular flexibility index (Phi) is 10.5. The maximum atomic E-state index is 13.4. The second kappa shape index (κ2) is 12.0. The van der Waals surface area contributed by atoms with Crippen molar-refractivity contribution in [1.29, 1.82) is 0 Å². The molecule has 1 atom stereocenters. The predicted molar refractivity (Wildman–Crippen MR) is 116 cm³/mol. The lowest BCUT2D eigenvalue weighted by Gasteiger charge is -2.32. The third kappa shape index (κ3) is 7.06. The molecule has 0 aromatic heterocycles. The Bertz CT molecular complexity index is 667. The number of halogens is 3. The third-order valence-corrected chi connectivity index (χ3v) is 4.67. The molecule has 1 aromatic rings. The van der Waals surface area contributed by atoms with E-state index in [2.05, 4.69) is 15.6 Å². The smallest absolute Gasteiger partial charge is 0.409 e. The van der Waals surface area contributed by atoms with Crippen LogP contribution in [0.25, 0.3) is 0 Å². The summed E-state index contributed by atoms with van der Waals surface area (Å²) in [4.78, 5) is 17.7. The highest BCUT2D eigenvalue weighted by Crippen LogP contribution is 2.17. The molecule has 0 radical (unpaired) electrons. The number of hydrogen-bond donors (Lipinski definition) is 2. The molecule has 9 heteroatoms. The van der Waals surface area contributed by atoms with E-state index >= 15 is 0 Å². The normalized spacial score (nSPS) is 16.2. The van der Waals surface area contributed by atoms with Gasteiger partial charge in [0.05, 0.1) is 6.61 Å². The molecule has 0 bridgehead atoms. The minimum atomic E-state index is -0.842. The molecule has 0 aliphatic carbocycles. The van der Waals surface area contributed by atoms with Gasteiger partial charge in [0, 0.05) is 32.7 Å². The molecule has 1 aliphatic heterocycles. The lowest BCUT2D eigenvalue weighted by atomic mass is 10.0. The Labute approximate surface area is 182 Å². The van der Waals surface area contributed by atoms with Gasteiger partial charge >= 0.3 is 6.09 Å². The fraction of sp³-hybridized carbons (Fsp3) is 0.579. The number of piperidine rings is 1. The van der Waals surface area contributed by atoms with Crippen molar-refractivity contribution in [3.8, 4) is 0 Å². The first-order valence-corrected chi connectivity index (χ1v) is 9.28. The van der Waals surface area contributed by atoms with Crippen molar-refractivity contribution in [2.24, 2.45) is 4.99 Å². The van der Waals surface area contributed by atoms with Crippen LogP contribution < -0.4 is 10.6 Å². The molecule has 1 heterocycles. The van der Waals surface area contributed by atoms with Gasteiger partial charge in [0.2, 0.25) is 0 Å². The number of likely N-dealkylation sites (tertiary alicyclic amines) is 1. The Hall–Kier alpha value is -1.65. The molecule has 1 saturated heterocycles. The molecule has 1 amide bonds. The average molecular weight is 510 g/mol. The van der Waals surface area contributed by atoms with Gasteiger partial charge in [-0.05, 0) is 43.4 Å². The first kappa shape index (κ1) is 24.4. The molecule has 0 spiro atoms. The molecule has 0 saturated carbocycles. The number of benzene rings is 1. The van der Waals surface area contributed by atoms with Crippen molar-refractivity contribution in [3.05, 3.63) is 35.4 Å². The van der Waals surface area contributed by atoms with Gasteiger partial charge in [0.15, 0.2) is 17.6 Å². The van der Waals surface area contributed by atoms with E-state index in [0.717, 1.165) is 24.5 Å². The highest BCUT2D eigenvalue weighted by atomic mass is 127. The number of ether oxygens (including phenoxy) is 1. The predicted octanol–water partition coefficient (Wildman–Crippen LogP) is 3.47. The topological polar surface area (TPSA) is 66.0 Å². The second-order valence-electron chi connectivity index (χ2n) is 6.63. The van der Waals surface area contributed by atoms with Gasteiger partial charge in [-0.25, -0.2) is 13.6 Å². The Balaban J connectivity index is 0.00000392. The Morgan fingerprint density at radius 2 is 2.00 bits per heavy atom. The van der Waals surface area contributed by atoms with E-state index in [1.165, 1.54) is 6.07 Å². The minimum Gasteiger partial charge on any atom is -0.450 e. The summed E-state index contributed by atoms with van der Waals surface area (Å²) in [6, 6.07) is 4.17. The zero-order valence-electron chi connectivity index (χ0n) is 16.5. The van der Waals surface area contributed by atoms with Gasteiger partial charge < -0.3 is 20.3 Å². The van der Waals surface area contributed by atoms with Crippen LogP contribution in [0.15, 0.2) is 23.2 Å². The van der Waals surface area contributed by atoms with Crippen molar-refractivity contribution in [2.45, 2.75) is 38.6 Å². The number of guanidine groups is 1. The number of aliphatic imine (C=N–C) groups is 1. The fourth-order valence-electron chi connectivity index (χ4n) is 3.00. The molecular formula is C19H29F2IN4O2. The largest absolute Gasteiger partial charge is 0.450 e. The van der Waals surface area contributed by atoms with Crippen LogP contribution in [0.1, 0.15) is 38.2 Å². The first-order chi connectivity index (χ1) is 12.9. The van der Waals surface area contributed by atoms with Crippen molar-refractivity contribution in [2.75, 3.05) is 33.3 Å². The molecular weight excluding hydrogens is 481 g/mol. The van der Waals surface area contributed by atoms with Crippen molar-refractivity contribution in [1.82, 2.24) is 15.5 Å². The van der Waals surface area contributed by atoms with Crippen LogP contribution >= 0.6 is 24.0 Å². The molecule has 2 rings (SSSR count). The number of nitrogens with zero attached hydrogens (tertiary/aromatic N) is 2. The number of amides is 1. The van der Waals surface area contributed by atoms with E-state index in [4.69, 9.17) is 4.74 Å². The average Bonchev–Trinajstić information content (AvgIpc) is 2.67. The van der Waals surface area contributed by atoms with Gasteiger partial charge in [-0.15, -0.1) is 24.0 Å². The quantitative estimate of drug-likeness (QED) is 0.362. The summed E-state index contributed by atoms with van der Waals surface area (Å²) in [5, 5.41) is 6.57. The highest BCUT2D eigenvalue weighted by Gasteiger charge is 2.24. The van der Waals surface area contributed by atoms with Gasteiger partial charge in [-0.2, -0.15) is 0 Å². The summed E-state index contributed by atoms with van der Waals surface area (Å²) in [7, 11) is 1.69. The first-order valence-electron chi connectivity index (χ1n) is 9.28. The van der Waals surface area contributed by atoms with Crippen LogP contribution in [0, 0.1) is 11.6 Å². The van der Waals surface area contributed by atoms with Crippen LogP contribution in [-0.4, -0.2) is 56.3 Å². The van der Waals surface area contributed by atoms with E-state index in [9.17, 15) is 13.6 Å². The lowest BCUT2D eigenvalue weighted by Crippen LogP contribution is -2.50. The third-order valence-electron chi connectivity index (χ3n) is 4.67. The Morgan fingerprint density at radius 1 is 1.32 bits per heavy atom. The molecule has 28 heavy (non-hydrogen) atoms. The van der Waals surface area contributed by atoms with Gasteiger partial charge in [-0.3, -0.25) is 4.99 Å². The summed E-state index contributed by atoms with van der Waals surface area (Å²) in [6.45, 7) is 5.92. The van der Waals surface area contributed by atoms with Crippen LogP contribution in [0.2, 0.25) is 0 Å². The van der Waals surface area contributed by atoms with Crippen LogP contribution in [0.3, 0.4) is 0 Å². The SMILES string of the molecule is CCOC(=O)N1CCC(NC(=NC)NCC(C)c2ccc(F)c(F)c2)CC1.I. The van der Waals surface area contributed by atoms with E-state index in [1.54, 1.807) is 24.9 Å². The molecule has 1 aromatic carbocycles. The van der Waals surface area contributed by atoms with E-state index in [1.807, 2.05) is 6.92 Å². The van der Waals surface area contributed by atoms with Gasteiger partial charge in [0.25, 0.3) is 0 Å². The summed E-state index contributed by atoms with van der Waals surface area (Å²) >= 11 is 0. The molecule has 6 nitrogen and oxygen atoms in total. The number of nitrogens with one attached hydrogen (secondary N) is 2. The molecule has 158 valence electrons. The van der Waals surface area contributed by atoms with E-state index < -0.39 is 11.6 Å². The van der Waals surface area contributed by atoms with Crippen LogP contribution in [-0.2, 0) is 4.74 Å². The summed E-state index contributed by atoms with van der Waals surface area (Å²) in [5.74, 6) is -1.04. The standard InChI is InChI=1S/C19H28F2N4O2.HI/c1-4-27-19(26)25-9-7-15(8-10-25)24-18(22-3)23-12-13(2)14-5-6-16(20)17(21)11-14;/h5-6,11,13,15H,4,7-10,12H2,1-3H3,(H2,22,23,24);1H. The van der Waals surface area contributed by atoms with Crippen LogP contribution in [0.4, 0.5) is 13.6 Å². The summed E-state index contributed by atoms with van der Waals surface area (Å²) in [6.07, 6.45) is 1.34. The summed E-state index contributed by atoms with van der Waals surface area (Å²) in [5.41, 5.74) is 0.722. The Morgan fingerprint density at radius 3 is 2.57 bits per heavy atom. The summed E-state index contributed by atoms with van der Waals surface area (Å²) < 4.78 is 31.5. The minimum absolute atomic E-state index is 0. The maximum Gasteiger partial charge on any atom is 0.409 e. The second-order valence-corrected chi connectivity index (χ2v) is 6.63. The monoisotopic (exact) mass is 510 g/mol. The zero-order chi connectivity index (χ0) is 19.8. The van der Waals surface area contributed by atoms with Gasteiger partial charge in [0.1, 0.15) is 0 Å². The van der Waals surface area contributed by atoms with Crippen molar-refractivity contribution >= 4 is 36.0 Å². The highest BCUT2D eigenvalue weighted by molar-refractivity contribution is 14.0. The van der Waals surface area contributed by atoms with Crippen LogP contribution in [0.5, 0.6) is 0 Å². The van der Waals surface area contributed by atoms with Gasteiger partial charge in [-0.1, -0.05) is 13.0 Å². The van der Waals surface area contributed by atoms with Crippen molar-refractivity contribution < 1.29 is 18.3 Å². The number of hydrogen-bond acceptors (Lipinski definition) is 3. The van der Waals surface area contributed by atoms with E-state index in [0.29, 0.717) is 32.2 Å². The zero-order valence-corrected chi connectivity index (χ0v) is 18.8. The number of carbonyl (C=O) groups is 1. The molecule has 1 unspecified atom stereocenters. The number of carbonyl (C=O) groups excluding carboxylic acids is 1. The van der Waals surface area contributed by atoms with E-state index in [-0.39, 0.29) is 42.0 Å². The molecule has 1 fully saturated rings. The molecule has 1 aliphatic rings. The fourth-order valence-corrected chi connectivity index (χ4v) is 3.00. The number of rotatable bonds is 5. The van der Waals surface area contributed by atoms with Crippen molar-refractivity contribution in [3.63, 3.8) is 0 Å². The lowest BCUT2D eigenvalue weighted by molar-refractivity contribution is 0.0963. The molecule has 2 N–H and O–H groups in total.